The summed E-state index contributed by atoms with van der Waals surface area (Å²) < 4.78 is 0. The van der Waals surface area contributed by atoms with Gasteiger partial charge in [0.25, 0.3) is 0 Å². The van der Waals surface area contributed by atoms with Crippen molar-refractivity contribution in [3.8, 4) is 0 Å². The first kappa shape index (κ1) is 10.5. The van der Waals surface area contributed by atoms with Crippen LogP contribution in [0.2, 0.25) is 0 Å². The SMILES string of the molecule is CCC(C)CC(=O)N[C@H]1CCNC1. The number of hydrogen-bond acceptors (Lipinski definition) is 2. The van der Waals surface area contributed by atoms with Gasteiger partial charge >= 0.3 is 0 Å². The molecule has 1 saturated heterocycles. The highest BCUT2D eigenvalue weighted by Crippen LogP contribution is 2.06. The van der Waals surface area contributed by atoms with Crippen LogP contribution in [-0.4, -0.2) is 25.0 Å². The van der Waals surface area contributed by atoms with Crippen LogP contribution in [0.25, 0.3) is 0 Å². The Labute approximate surface area is 80.3 Å². The van der Waals surface area contributed by atoms with Crippen LogP contribution in [0.3, 0.4) is 0 Å². The van der Waals surface area contributed by atoms with Gasteiger partial charge in [-0.1, -0.05) is 20.3 Å². The van der Waals surface area contributed by atoms with Crippen molar-refractivity contribution in [2.24, 2.45) is 5.92 Å². The Hall–Kier alpha value is -0.570. The van der Waals surface area contributed by atoms with Gasteiger partial charge in [-0.05, 0) is 18.9 Å². The number of carbonyl (C=O) groups excluding carboxylic acids is 1. The smallest absolute Gasteiger partial charge is 0.220 e. The third-order valence-electron chi connectivity index (χ3n) is 2.66. The molecule has 1 rings (SSSR count). The number of hydrogen-bond donors (Lipinski definition) is 2. The molecule has 76 valence electrons. The van der Waals surface area contributed by atoms with Crippen LogP contribution in [-0.2, 0) is 4.79 Å². The van der Waals surface area contributed by atoms with Crippen molar-refractivity contribution in [2.75, 3.05) is 13.1 Å². The summed E-state index contributed by atoms with van der Waals surface area (Å²) in [7, 11) is 0. The third-order valence-corrected chi connectivity index (χ3v) is 2.66. The average molecular weight is 184 g/mol. The molecule has 3 nitrogen and oxygen atoms in total. The third kappa shape index (κ3) is 3.77. The van der Waals surface area contributed by atoms with E-state index in [1.807, 2.05) is 0 Å². The summed E-state index contributed by atoms with van der Waals surface area (Å²) in [6, 6.07) is 0.372. The minimum atomic E-state index is 0.211. The predicted octanol–water partition coefficient (Wildman–Crippen LogP) is 0.901. The van der Waals surface area contributed by atoms with Crippen LogP contribution >= 0.6 is 0 Å². The van der Waals surface area contributed by atoms with E-state index in [0.717, 1.165) is 25.9 Å². The summed E-state index contributed by atoms with van der Waals surface area (Å²) >= 11 is 0. The molecule has 0 aromatic rings. The topological polar surface area (TPSA) is 41.1 Å². The van der Waals surface area contributed by atoms with Gasteiger partial charge < -0.3 is 10.6 Å². The Morgan fingerprint density at radius 3 is 3.00 bits per heavy atom. The van der Waals surface area contributed by atoms with E-state index in [2.05, 4.69) is 24.5 Å². The molecule has 0 saturated carbocycles. The molecule has 0 aromatic carbocycles. The van der Waals surface area contributed by atoms with Gasteiger partial charge in [0.2, 0.25) is 5.91 Å². The largest absolute Gasteiger partial charge is 0.352 e. The molecular formula is C10H20N2O. The first-order valence-corrected chi connectivity index (χ1v) is 5.22. The van der Waals surface area contributed by atoms with Crippen molar-refractivity contribution < 1.29 is 4.79 Å². The van der Waals surface area contributed by atoms with E-state index >= 15 is 0 Å². The standard InChI is InChI=1S/C10H20N2O/c1-3-8(2)6-10(13)12-9-4-5-11-7-9/h8-9,11H,3-7H2,1-2H3,(H,12,13)/t8?,9-/m0/s1. The van der Waals surface area contributed by atoms with Crippen LogP contribution in [0, 0.1) is 5.92 Å². The summed E-state index contributed by atoms with van der Waals surface area (Å²) in [5.74, 6) is 0.720. The molecular weight excluding hydrogens is 164 g/mol. The highest BCUT2D eigenvalue weighted by Gasteiger charge is 2.17. The lowest BCUT2D eigenvalue weighted by atomic mass is 10.0. The molecule has 1 unspecified atom stereocenters. The second kappa shape index (κ2) is 5.22. The van der Waals surface area contributed by atoms with Crippen molar-refractivity contribution in [1.29, 1.82) is 0 Å². The average Bonchev–Trinajstić information content (AvgIpc) is 2.56. The van der Waals surface area contributed by atoms with Gasteiger partial charge in [-0.2, -0.15) is 0 Å². The fourth-order valence-electron chi connectivity index (χ4n) is 1.53. The summed E-state index contributed by atoms with van der Waals surface area (Å²) in [5, 5.41) is 6.27. The van der Waals surface area contributed by atoms with E-state index in [0.29, 0.717) is 18.4 Å². The first-order valence-electron chi connectivity index (χ1n) is 5.22. The Balaban J connectivity index is 2.16. The van der Waals surface area contributed by atoms with Gasteiger partial charge in [-0.15, -0.1) is 0 Å². The highest BCUT2D eigenvalue weighted by molar-refractivity contribution is 5.76. The second-order valence-electron chi connectivity index (χ2n) is 3.97. The maximum Gasteiger partial charge on any atom is 0.220 e. The van der Waals surface area contributed by atoms with Crippen molar-refractivity contribution in [1.82, 2.24) is 10.6 Å². The minimum absolute atomic E-state index is 0.211. The van der Waals surface area contributed by atoms with E-state index in [1.54, 1.807) is 0 Å². The van der Waals surface area contributed by atoms with E-state index in [1.165, 1.54) is 0 Å². The predicted molar refractivity (Wildman–Crippen MR) is 53.5 cm³/mol. The Morgan fingerprint density at radius 1 is 1.69 bits per heavy atom. The van der Waals surface area contributed by atoms with E-state index in [-0.39, 0.29) is 5.91 Å². The van der Waals surface area contributed by atoms with E-state index in [9.17, 15) is 4.79 Å². The minimum Gasteiger partial charge on any atom is -0.352 e. The molecule has 1 amide bonds. The lowest BCUT2D eigenvalue weighted by molar-refractivity contribution is -0.122. The van der Waals surface area contributed by atoms with Crippen molar-refractivity contribution >= 4 is 5.91 Å². The lowest BCUT2D eigenvalue weighted by Gasteiger charge is -2.13. The van der Waals surface area contributed by atoms with Gasteiger partial charge in [-0.3, -0.25) is 4.79 Å². The second-order valence-corrected chi connectivity index (χ2v) is 3.97. The van der Waals surface area contributed by atoms with Crippen molar-refractivity contribution in [2.45, 2.75) is 39.2 Å². The summed E-state index contributed by atoms with van der Waals surface area (Å²) in [6.45, 7) is 6.21. The monoisotopic (exact) mass is 184 g/mol. The van der Waals surface area contributed by atoms with Crippen LogP contribution in [0.4, 0.5) is 0 Å². The molecule has 1 aliphatic rings. The molecule has 13 heavy (non-hydrogen) atoms. The molecule has 1 aliphatic heterocycles. The van der Waals surface area contributed by atoms with Gasteiger partial charge in [0.1, 0.15) is 0 Å². The molecule has 2 atom stereocenters. The van der Waals surface area contributed by atoms with Gasteiger partial charge in [0.15, 0.2) is 0 Å². The zero-order valence-corrected chi connectivity index (χ0v) is 8.60. The Kier molecular flexibility index (Phi) is 4.22. The number of carbonyl (C=O) groups is 1. The normalized spacial score (nSPS) is 24.3. The number of rotatable bonds is 4. The van der Waals surface area contributed by atoms with Crippen molar-refractivity contribution in [3.63, 3.8) is 0 Å². The van der Waals surface area contributed by atoms with Gasteiger partial charge in [0, 0.05) is 19.0 Å². The molecule has 0 aliphatic carbocycles. The lowest BCUT2D eigenvalue weighted by Crippen LogP contribution is -2.36. The summed E-state index contributed by atoms with van der Waals surface area (Å²) in [6.07, 6.45) is 2.83. The first-order chi connectivity index (χ1) is 6.22. The molecule has 1 heterocycles. The Bertz CT molecular complexity index is 164. The Morgan fingerprint density at radius 2 is 2.46 bits per heavy atom. The van der Waals surface area contributed by atoms with Crippen LogP contribution < -0.4 is 10.6 Å². The van der Waals surface area contributed by atoms with Crippen LogP contribution in [0.15, 0.2) is 0 Å². The van der Waals surface area contributed by atoms with Gasteiger partial charge in [0.05, 0.1) is 0 Å². The zero-order chi connectivity index (χ0) is 9.68. The molecule has 0 spiro atoms. The molecule has 2 N–H and O–H groups in total. The molecule has 3 heteroatoms. The molecule has 0 bridgehead atoms. The quantitative estimate of drug-likeness (QED) is 0.681. The van der Waals surface area contributed by atoms with Crippen LogP contribution in [0.1, 0.15) is 33.1 Å². The maximum absolute atomic E-state index is 11.4. The van der Waals surface area contributed by atoms with Gasteiger partial charge in [-0.25, -0.2) is 0 Å². The van der Waals surface area contributed by atoms with E-state index in [4.69, 9.17) is 0 Å². The van der Waals surface area contributed by atoms with Crippen molar-refractivity contribution in [3.05, 3.63) is 0 Å². The molecule has 1 fully saturated rings. The molecule has 0 radical (unpaired) electrons. The number of amides is 1. The fraction of sp³-hybridized carbons (Fsp3) is 0.900. The summed E-state index contributed by atoms with van der Waals surface area (Å²) in [4.78, 5) is 11.4. The fourth-order valence-corrected chi connectivity index (χ4v) is 1.53. The highest BCUT2D eigenvalue weighted by atomic mass is 16.1. The van der Waals surface area contributed by atoms with E-state index < -0.39 is 0 Å². The van der Waals surface area contributed by atoms with Crippen LogP contribution in [0.5, 0.6) is 0 Å². The maximum atomic E-state index is 11.4. The molecule has 0 aromatic heterocycles. The zero-order valence-electron chi connectivity index (χ0n) is 8.60. The number of nitrogens with one attached hydrogen (secondary N) is 2. The summed E-state index contributed by atoms with van der Waals surface area (Å²) in [5.41, 5.74) is 0.